The highest BCUT2D eigenvalue weighted by Crippen LogP contribution is 2.35. The van der Waals surface area contributed by atoms with Crippen molar-refractivity contribution in [2.75, 3.05) is 44.5 Å². The molecule has 2 aromatic carbocycles. The fourth-order valence-electron chi connectivity index (χ4n) is 3.17. The Morgan fingerprint density at radius 1 is 1.07 bits per heavy atom. The third kappa shape index (κ3) is 4.97. The smallest absolute Gasteiger partial charge is 0.243 e. The highest BCUT2D eigenvalue weighted by Gasteiger charge is 2.26. The van der Waals surface area contributed by atoms with Crippen molar-refractivity contribution in [1.82, 2.24) is 4.31 Å². The van der Waals surface area contributed by atoms with E-state index in [1.807, 2.05) is 0 Å². The lowest BCUT2D eigenvalue weighted by molar-refractivity contribution is -0.114. The van der Waals surface area contributed by atoms with E-state index in [4.69, 9.17) is 21.1 Å². The third-order valence-electron chi connectivity index (χ3n) is 4.75. The van der Waals surface area contributed by atoms with Crippen molar-refractivity contribution in [3.63, 3.8) is 0 Å². The SMILES string of the molecule is COc1cc(NCC(=O)Nc2ccc(S(=O)(=O)N3CCCC3)cc2)c(OC)cc1Cl. The molecule has 1 heterocycles. The van der Waals surface area contributed by atoms with E-state index in [1.54, 1.807) is 24.3 Å². The summed E-state index contributed by atoms with van der Waals surface area (Å²) < 4.78 is 37.1. The van der Waals surface area contributed by atoms with Crippen LogP contribution >= 0.6 is 11.6 Å². The fourth-order valence-corrected chi connectivity index (χ4v) is 4.91. The predicted octanol–water partition coefficient (Wildman–Crippen LogP) is 3.19. The largest absolute Gasteiger partial charge is 0.495 e. The monoisotopic (exact) mass is 453 g/mol. The van der Waals surface area contributed by atoms with Gasteiger partial charge in [0.1, 0.15) is 11.5 Å². The van der Waals surface area contributed by atoms with Crippen LogP contribution in [0, 0.1) is 0 Å². The second-order valence-electron chi connectivity index (χ2n) is 6.72. The molecule has 0 unspecified atom stereocenters. The molecule has 0 aliphatic carbocycles. The van der Waals surface area contributed by atoms with Gasteiger partial charge in [0.2, 0.25) is 15.9 Å². The number of sulfonamides is 1. The van der Waals surface area contributed by atoms with Crippen molar-refractivity contribution in [3.8, 4) is 11.5 Å². The average Bonchev–Trinajstić information content (AvgIpc) is 3.29. The minimum absolute atomic E-state index is 0.0328. The minimum atomic E-state index is -3.48. The first kappa shape index (κ1) is 22.2. The van der Waals surface area contributed by atoms with Gasteiger partial charge in [-0.1, -0.05) is 11.6 Å². The molecular formula is C20H24ClN3O5S. The van der Waals surface area contributed by atoms with Gasteiger partial charge in [-0.15, -0.1) is 0 Å². The summed E-state index contributed by atoms with van der Waals surface area (Å²) in [7, 11) is -0.477. The first-order valence-electron chi connectivity index (χ1n) is 9.40. The van der Waals surface area contributed by atoms with Crippen molar-refractivity contribution in [2.24, 2.45) is 0 Å². The number of amides is 1. The zero-order valence-electron chi connectivity index (χ0n) is 16.8. The number of rotatable bonds is 8. The van der Waals surface area contributed by atoms with Gasteiger partial charge in [-0.25, -0.2) is 8.42 Å². The van der Waals surface area contributed by atoms with Crippen LogP contribution in [0.2, 0.25) is 5.02 Å². The molecule has 0 atom stereocenters. The van der Waals surface area contributed by atoms with Gasteiger partial charge in [0.15, 0.2) is 0 Å². The Kier molecular flexibility index (Phi) is 7.06. The molecule has 0 saturated carbocycles. The maximum absolute atomic E-state index is 12.6. The minimum Gasteiger partial charge on any atom is -0.495 e. The van der Waals surface area contributed by atoms with Crippen molar-refractivity contribution < 1.29 is 22.7 Å². The lowest BCUT2D eigenvalue weighted by Gasteiger charge is -2.16. The van der Waals surface area contributed by atoms with Gasteiger partial charge in [0, 0.05) is 30.9 Å². The summed E-state index contributed by atoms with van der Waals surface area (Å²) in [5.41, 5.74) is 1.06. The molecule has 0 bridgehead atoms. The molecule has 0 spiro atoms. The van der Waals surface area contributed by atoms with E-state index >= 15 is 0 Å². The molecule has 1 fully saturated rings. The Bertz CT molecular complexity index is 1010. The highest BCUT2D eigenvalue weighted by atomic mass is 35.5. The first-order valence-corrected chi connectivity index (χ1v) is 11.2. The Labute approximate surface area is 181 Å². The lowest BCUT2D eigenvalue weighted by atomic mass is 10.2. The summed E-state index contributed by atoms with van der Waals surface area (Å²) in [6, 6.07) is 9.40. The van der Waals surface area contributed by atoms with Crippen LogP contribution in [0.1, 0.15) is 12.8 Å². The average molecular weight is 454 g/mol. The predicted molar refractivity (Wildman–Crippen MR) is 116 cm³/mol. The number of nitrogens with one attached hydrogen (secondary N) is 2. The summed E-state index contributed by atoms with van der Waals surface area (Å²) in [6.45, 7) is 1.06. The standard InChI is InChI=1S/C20H24ClN3O5S/c1-28-18-12-17(19(29-2)11-16(18)21)22-13-20(25)23-14-5-7-15(8-6-14)30(26,27)24-9-3-4-10-24/h5-8,11-12,22H,3-4,9-10,13H2,1-2H3,(H,23,25). The van der Waals surface area contributed by atoms with Gasteiger partial charge in [-0.05, 0) is 37.1 Å². The van der Waals surface area contributed by atoms with E-state index in [0.717, 1.165) is 12.8 Å². The van der Waals surface area contributed by atoms with E-state index in [2.05, 4.69) is 10.6 Å². The Balaban J connectivity index is 1.62. The maximum atomic E-state index is 12.6. The fraction of sp³-hybridized carbons (Fsp3) is 0.350. The molecule has 30 heavy (non-hydrogen) atoms. The number of benzene rings is 2. The van der Waals surface area contributed by atoms with Crippen LogP contribution in [0.15, 0.2) is 41.3 Å². The van der Waals surface area contributed by atoms with Crippen LogP contribution in [-0.4, -0.2) is 52.5 Å². The zero-order valence-corrected chi connectivity index (χ0v) is 18.3. The Hall–Kier alpha value is -2.49. The van der Waals surface area contributed by atoms with Gasteiger partial charge < -0.3 is 20.1 Å². The second kappa shape index (κ2) is 9.55. The van der Waals surface area contributed by atoms with Crippen LogP contribution in [0.3, 0.4) is 0 Å². The van der Waals surface area contributed by atoms with Gasteiger partial charge in [0.05, 0.1) is 36.4 Å². The van der Waals surface area contributed by atoms with Crippen LogP contribution < -0.4 is 20.1 Å². The van der Waals surface area contributed by atoms with E-state index < -0.39 is 10.0 Å². The Morgan fingerprint density at radius 2 is 1.70 bits per heavy atom. The molecule has 1 aliphatic heterocycles. The zero-order chi connectivity index (χ0) is 21.7. The number of halogens is 1. The normalized spacial score (nSPS) is 14.4. The molecule has 0 aromatic heterocycles. The van der Waals surface area contributed by atoms with Crippen LogP contribution in [0.5, 0.6) is 11.5 Å². The summed E-state index contributed by atoms with van der Waals surface area (Å²) >= 11 is 6.08. The maximum Gasteiger partial charge on any atom is 0.243 e. The summed E-state index contributed by atoms with van der Waals surface area (Å²) in [6.07, 6.45) is 1.76. The molecule has 10 heteroatoms. The Morgan fingerprint density at radius 3 is 2.30 bits per heavy atom. The van der Waals surface area contributed by atoms with Crippen molar-refractivity contribution in [1.29, 1.82) is 0 Å². The summed E-state index contributed by atoms with van der Waals surface area (Å²) in [4.78, 5) is 12.5. The number of methoxy groups -OCH3 is 2. The van der Waals surface area contributed by atoms with Gasteiger partial charge in [-0.3, -0.25) is 4.79 Å². The van der Waals surface area contributed by atoms with Crippen molar-refractivity contribution in [3.05, 3.63) is 41.4 Å². The number of carbonyl (C=O) groups is 1. The molecule has 3 rings (SSSR count). The summed E-state index contributed by atoms with van der Waals surface area (Å²) in [5, 5.41) is 6.11. The molecule has 1 saturated heterocycles. The van der Waals surface area contributed by atoms with Crippen LogP contribution in [0.4, 0.5) is 11.4 Å². The first-order chi connectivity index (χ1) is 14.3. The van der Waals surface area contributed by atoms with Crippen molar-refractivity contribution in [2.45, 2.75) is 17.7 Å². The van der Waals surface area contributed by atoms with Gasteiger partial charge in [-0.2, -0.15) is 4.31 Å². The third-order valence-corrected chi connectivity index (χ3v) is 6.96. The molecule has 2 N–H and O–H groups in total. The van der Waals surface area contributed by atoms with Crippen LogP contribution in [0.25, 0.3) is 0 Å². The van der Waals surface area contributed by atoms with E-state index in [0.29, 0.717) is 41.0 Å². The van der Waals surface area contributed by atoms with E-state index in [1.165, 1.54) is 30.7 Å². The molecule has 8 nitrogen and oxygen atoms in total. The molecule has 1 amide bonds. The van der Waals surface area contributed by atoms with Crippen molar-refractivity contribution >= 4 is 38.9 Å². The number of anilines is 2. The molecule has 1 aliphatic rings. The summed E-state index contributed by atoms with van der Waals surface area (Å²) in [5.74, 6) is 0.626. The van der Waals surface area contributed by atoms with E-state index in [9.17, 15) is 13.2 Å². The number of nitrogens with zero attached hydrogens (tertiary/aromatic N) is 1. The number of hydrogen-bond donors (Lipinski definition) is 2. The molecule has 162 valence electrons. The molecule has 2 aromatic rings. The van der Waals surface area contributed by atoms with Crippen LogP contribution in [-0.2, 0) is 14.8 Å². The molecule has 0 radical (unpaired) electrons. The quantitative estimate of drug-likeness (QED) is 0.637. The lowest BCUT2D eigenvalue weighted by Crippen LogP contribution is -2.27. The number of carbonyl (C=O) groups excluding carboxylic acids is 1. The van der Waals surface area contributed by atoms with Gasteiger partial charge in [0.25, 0.3) is 0 Å². The topological polar surface area (TPSA) is 97.0 Å². The van der Waals surface area contributed by atoms with E-state index in [-0.39, 0.29) is 17.3 Å². The second-order valence-corrected chi connectivity index (χ2v) is 9.07. The number of ether oxygens (including phenoxy) is 2. The number of hydrogen-bond acceptors (Lipinski definition) is 6. The molecular weight excluding hydrogens is 430 g/mol. The highest BCUT2D eigenvalue weighted by molar-refractivity contribution is 7.89. The van der Waals surface area contributed by atoms with Gasteiger partial charge >= 0.3 is 0 Å².